The van der Waals surface area contributed by atoms with Crippen molar-refractivity contribution in [3.63, 3.8) is 0 Å². The fourth-order valence-electron chi connectivity index (χ4n) is 7.96. The molecule has 346 valence electrons. The molecule has 3 atom stereocenters. The van der Waals surface area contributed by atoms with E-state index in [2.05, 4.69) is 0 Å². The molecule has 0 bridgehead atoms. The van der Waals surface area contributed by atoms with Gasteiger partial charge in [-0.1, -0.05) is 135 Å². The summed E-state index contributed by atoms with van der Waals surface area (Å²) in [6, 6.07) is 34.2. The number of hydrogen-bond donors (Lipinski definition) is 2. The van der Waals surface area contributed by atoms with Gasteiger partial charge >= 0.3 is 35.8 Å². The normalized spacial score (nSPS) is 16.4. The molecule has 2 N–H and O–H groups in total. The zero-order chi connectivity index (χ0) is 46.4. The van der Waals surface area contributed by atoms with Crippen molar-refractivity contribution in [2.45, 2.75) is 89.5 Å². The van der Waals surface area contributed by atoms with Crippen LogP contribution in [0.5, 0.6) is 0 Å². The lowest BCUT2D eigenvalue weighted by molar-refractivity contribution is -0.159. The molecule has 65 heavy (non-hydrogen) atoms. The number of benzene rings is 4. The molecule has 0 saturated carbocycles. The van der Waals surface area contributed by atoms with Gasteiger partial charge in [0.15, 0.2) is 0 Å². The van der Waals surface area contributed by atoms with Crippen LogP contribution in [0.1, 0.15) is 67.7 Å². The van der Waals surface area contributed by atoms with Gasteiger partial charge in [-0.25, -0.2) is 0 Å². The van der Waals surface area contributed by atoms with Gasteiger partial charge in [0.1, 0.15) is 38.5 Å². The van der Waals surface area contributed by atoms with E-state index in [-0.39, 0.29) is 65.4 Å². The van der Waals surface area contributed by atoms with Crippen LogP contribution in [0, 0.1) is 0 Å². The quantitative estimate of drug-likeness (QED) is 0.0592. The maximum atomic E-state index is 14.2. The summed E-state index contributed by atoms with van der Waals surface area (Å²) in [5.41, 5.74) is 1.43. The number of ether oxygens (including phenoxy) is 4. The molecular weight excluding hydrogens is 835 g/mol. The topological polar surface area (TPSA) is 190 Å². The van der Waals surface area contributed by atoms with Gasteiger partial charge in [-0.3, -0.25) is 43.5 Å². The molecule has 1 aliphatic rings. The second-order valence-electron chi connectivity index (χ2n) is 16.1. The van der Waals surface area contributed by atoms with E-state index in [1.54, 1.807) is 77.7 Å². The molecule has 0 spiro atoms. The molecule has 1 fully saturated rings. The van der Waals surface area contributed by atoms with Gasteiger partial charge in [-0.15, -0.1) is 0 Å². The Hall–Kier alpha value is -6.42. The fraction of sp³-hybridized carbons (Fsp3) is 0.400. The highest BCUT2D eigenvalue weighted by molar-refractivity contribution is 5.78. The second-order valence-corrected chi connectivity index (χ2v) is 16.1. The average Bonchev–Trinajstić information content (AvgIpc) is 3.51. The number of esters is 4. The second kappa shape index (κ2) is 25.8. The van der Waals surface area contributed by atoms with E-state index in [0.717, 1.165) is 5.56 Å². The molecule has 1 saturated heterocycles. The van der Waals surface area contributed by atoms with Gasteiger partial charge in [0.2, 0.25) is 0 Å². The summed E-state index contributed by atoms with van der Waals surface area (Å²) >= 11 is 0. The van der Waals surface area contributed by atoms with E-state index in [1.807, 2.05) is 60.4 Å². The van der Waals surface area contributed by atoms with Crippen LogP contribution in [0.25, 0.3) is 0 Å². The van der Waals surface area contributed by atoms with E-state index >= 15 is 0 Å². The molecule has 1 aliphatic heterocycles. The van der Waals surface area contributed by atoms with Gasteiger partial charge in [0, 0.05) is 44.6 Å². The van der Waals surface area contributed by atoms with Crippen molar-refractivity contribution >= 4 is 35.8 Å². The van der Waals surface area contributed by atoms with Crippen LogP contribution < -0.4 is 0 Å². The number of carbonyl (C=O) groups is 6. The maximum absolute atomic E-state index is 14.2. The monoisotopic (exact) mass is 893 g/mol. The van der Waals surface area contributed by atoms with Crippen molar-refractivity contribution in [3.05, 3.63) is 144 Å². The minimum Gasteiger partial charge on any atom is -0.481 e. The average molecular weight is 894 g/mol. The fourth-order valence-corrected chi connectivity index (χ4v) is 7.96. The van der Waals surface area contributed by atoms with Crippen molar-refractivity contribution in [2.75, 3.05) is 39.3 Å². The Morgan fingerprint density at radius 1 is 0.538 bits per heavy atom. The summed E-state index contributed by atoms with van der Waals surface area (Å²) in [4.78, 5) is 86.2. The lowest BCUT2D eigenvalue weighted by Crippen LogP contribution is -2.64. The molecule has 3 unspecified atom stereocenters. The molecule has 0 amide bonds. The Balaban J connectivity index is 1.58. The number of hydrogen-bond acceptors (Lipinski definition) is 13. The Morgan fingerprint density at radius 3 is 1.25 bits per heavy atom. The Bertz CT molecular complexity index is 2070. The first-order chi connectivity index (χ1) is 31.4. The van der Waals surface area contributed by atoms with E-state index < -0.39 is 79.4 Å². The van der Waals surface area contributed by atoms with Crippen molar-refractivity contribution < 1.29 is 57.9 Å². The van der Waals surface area contributed by atoms with Gasteiger partial charge < -0.3 is 29.2 Å². The molecule has 5 rings (SSSR count). The van der Waals surface area contributed by atoms with E-state index in [0.29, 0.717) is 29.5 Å². The van der Waals surface area contributed by atoms with Crippen LogP contribution in [-0.2, 0) is 74.1 Å². The summed E-state index contributed by atoms with van der Waals surface area (Å²) < 4.78 is 23.2. The summed E-state index contributed by atoms with van der Waals surface area (Å²) in [5, 5.41) is 20.1. The van der Waals surface area contributed by atoms with Gasteiger partial charge in [0.05, 0.1) is 13.1 Å². The number of aliphatic carboxylic acids is 2. The van der Waals surface area contributed by atoms with Gasteiger partial charge in [-0.05, 0) is 41.5 Å². The van der Waals surface area contributed by atoms with Crippen LogP contribution in [0.15, 0.2) is 121 Å². The highest BCUT2D eigenvalue weighted by atomic mass is 16.5. The molecule has 1 heterocycles. The SMILES string of the molecule is CCCC(C(=O)OCc1ccccc1)N1CCN(C(CCC(=O)O)C(=O)OCc2ccccc2)CC(CCC(=O)O)(N(CC(=O)OCc2ccccc2)CC(=O)OCc2ccccc2)C1. The third kappa shape index (κ3) is 16.3. The number of nitrogens with zero attached hydrogens (tertiary/aromatic N) is 3. The number of carboxylic acids is 2. The van der Waals surface area contributed by atoms with Crippen LogP contribution >= 0.6 is 0 Å². The molecule has 0 aromatic heterocycles. The van der Waals surface area contributed by atoms with Crippen LogP contribution in [0.4, 0.5) is 0 Å². The Morgan fingerprint density at radius 2 is 0.892 bits per heavy atom. The molecule has 4 aromatic rings. The third-order valence-corrected chi connectivity index (χ3v) is 11.3. The highest BCUT2D eigenvalue weighted by Crippen LogP contribution is 2.32. The number of rotatable bonds is 25. The maximum Gasteiger partial charge on any atom is 0.323 e. The first-order valence-corrected chi connectivity index (χ1v) is 21.9. The Kier molecular flexibility index (Phi) is 19.7. The molecular formula is C50H59N3O12. The van der Waals surface area contributed by atoms with Crippen LogP contribution in [-0.4, -0.2) is 118 Å². The van der Waals surface area contributed by atoms with Crippen molar-refractivity contribution in [1.82, 2.24) is 14.7 Å². The van der Waals surface area contributed by atoms with Crippen molar-refractivity contribution in [2.24, 2.45) is 0 Å². The first-order valence-electron chi connectivity index (χ1n) is 21.9. The predicted molar refractivity (Wildman–Crippen MR) is 239 cm³/mol. The molecule has 15 nitrogen and oxygen atoms in total. The minimum absolute atomic E-state index is 0.00115. The van der Waals surface area contributed by atoms with Gasteiger partial charge in [0.25, 0.3) is 0 Å². The first kappa shape index (κ1) is 49.6. The summed E-state index contributed by atoms with van der Waals surface area (Å²) in [6.07, 6.45) is -0.293. The molecule has 0 aliphatic carbocycles. The minimum atomic E-state index is -1.49. The van der Waals surface area contributed by atoms with E-state index in [1.165, 1.54) is 4.90 Å². The largest absolute Gasteiger partial charge is 0.481 e. The summed E-state index contributed by atoms with van der Waals surface area (Å²) in [7, 11) is 0. The van der Waals surface area contributed by atoms with Crippen molar-refractivity contribution in [3.8, 4) is 0 Å². The van der Waals surface area contributed by atoms with E-state index in [4.69, 9.17) is 18.9 Å². The number of carboxylic acid groups (broad SMARTS) is 2. The Labute approximate surface area is 379 Å². The summed E-state index contributed by atoms with van der Waals surface area (Å²) in [5.74, 6) is -5.00. The van der Waals surface area contributed by atoms with E-state index in [9.17, 15) is 39.0 Å². The molecule has 4 aromatic carbocycles. The third-order valence-electron chi connectivity index (χ3n) is 11.3. The standard InChI is InChI=1S/C50H59N3O12/c1-2-15-42(48(60)64-34-40-20-11-5-12-21-40)51-28-29-52(43(24-25-44(54)55)49(61)65-35-41-22-13-6-14-23-41)37-50(36-51,27-26-45(56)57)53(30-46(58)62-32-38-16-7-3-8-17-38)31-47(59)63-33-39-18-9-4-10-19-39/h3-14,16-23,42-43H,2,15,24-37H2,1H3,(H,54,55)(H,56,57). The number of carbonyl (C=O) groups excluding carboxylic acids is 4. The van der Waals surface area contributed by atoms with Crippen molar-refractivity contribution in [1.29, 1.82) is 0 Å². The molecule has 15 heteroatoms. The van der Waals surface area contributed by atoms with Crippen LogP contribution in [0.2, 0.25) is 0 Å². The predicted octanol–water partition coefficient (Wildman–Crippen LogP) is 5.89. The lowest BCUT2D eigenvalue weighted by atomic mass is 9.88. The lowest BCUT2D eigenvalue weighted by Gasteiger charge is -2.47. The zero-order valence-electron chi connectivity index (χ0n) is 36.8. The van der Waals surface area contributed by atoms with Gasteiger partial charge in [-0.2, -0.15) is 0 Å². The highest BCUT2D eigenvalue weighted by Gasteiger charge is 2.48. The zero-order valence-corrected chi connectivity index (χ0v) is 36.8. The smallest absolute Gasteiger partial charge is 0.323 e. The molecule has 0 radical (unpaired) electrons. The van der Waals surface area contributed by atoms with Crippen LogP contribution in [0.3, 0.4) is 0 Å². The summed E-state index contributed by atoms with van der Waals surface area (Å²) in [6.45, 7) is 0.673.